The first kappa shape index (κ1) is 12.6. The van der Waals surface area contributed by atoms with Crippen molar-refractivity contribution in [3.63, 3.8) is 0 Å². The molecule has 86 valence electrons. The molecule has 0 atom stereocenters. The Morgan fingerprint density at radius 3 is 2.69 bits per heavy atom. The van der Waals surface area contributed by atoms with Crippen molar-refractivity contribution in [3.8, 4) is 6.07 Å². The number of hydrogen-bond acceptors (Lipinski definition) is 4. The highest BCUT2D eigenvalue weighted by Crippen LogP contribution is 2.31. The van der Waals surface area contributed by atoms with Crippen LogP contribution in [0.4, 0.5) is 0 Å². The molecule has 6 heteroatoms. The molecule has 1 aliphatic heterocycles. The van der Waals surface area contributed by atoms with Crippen LogP contribution in [0.5, 0.6) is 0 Å². The SMILES string of the molecule is CCN1C(=O)CS/C1=C(/C#N)C(=O)N(C)C. The first-order valence-corrected chi connectivity index (χ1v) is 5.80. The molecule has 5 nitrogen and oxygen atoms in total. The number of nitrogens with zero attached hydrogens (tertiary/aromatic N) is 3. The maximum atomic E-state index is 11.7. The van der Waals surface area contributed by atoms with Crippen molar-refractivity contribution in [2.45, 2.75) is 6.92 Å². The molecular weight excluding hydrogens is 226 g/mol. The third-order valence-electron chi connectivity index (χ3n) is 2.14. The van der Waals surface area contributed by atoms with E-state index in [0.717, 1.165) is 0 Å². The topological polar surface area (TPSA) is 64.4 Å². The van der Waals surface area contributed by atoms with Crippen molar-refractivity contribution >= 4 is 23.6 Å². The van der Waals surface area contributed by atoms with Gasteiger partial charge in [0.15, 0.2) is 0 Å². The summed E-state index contributed by atoms with van der Waals surface area (Å²) in [4.78, 5) is 26.0. The van der Waals surface area contributed by atoms with Gasteiger partial charge in [-0.05, 0) is 6.92 Å². The third-order valence-corrected chi connectivity index (χ3v) is 3.23. The zero-order valence-electron chi connectivity index (χ0n) is 9.48. The lowest BCUT2D eigenvalue weighted by Gasteiger charge is -2.17. The molecular formula is C10H13N3O2S. The van der Waals surface area contributed by atoms with Crippen LogP contribution in [0.2, 0.25) is 0 Å². The predicted molar refractivity (Wildman–Crippen MR) is 61.2 cm³/mol. The van der Waals surface area contributed by atoms with Gasteiger partial charge in [-0.1, -0.05) is 11.8 Å². The summed E-state index contributed by atoms with van der Waals surface area (Å²) in [6.07, 6.45) is 0. The maximum Gasteiger partial charge on any atom is 0.266 e. The Balaban J connectivity index is 3.15. The fraction of sp³-hybridized carbons (Fsp3) is 0.500. The number of likely N-dealkylation sites (N-methyl/N-ethyl adjacent to an activating group) is 1. The van der Waals surface area contributed by atoms with Gasteiger partial charge in [0.1, 0.15) is 16.7 Å². The molecule has 0 unspecified atom stereocenters. The van der Waals surface area contributed by atoms with Crippen LogP contribution in [-0.2, 0) is 9.59 Å². The summed E-state index contributed by atoms with van der Waals surface area (Å²) in [5.74, 6) is -0.116. The number of hydrogen-bond donors (Lipinski definition) is 0. The van der Waals surface area contributed by atoms with Crippen molar-refractivity contribution in [2.24, 2.45) is 0 Å². The van der Waals surface area contributed by atoms with E-state index >= 15 is 0 Å². The summed E-state index contributed by atoms with van der Waals surface area (Å²) >= 11 is 1.25. The lowest BCUT2D eigenvalue weighted by atomic mass is 10.2. The zero-order chi connectivity index (χ0) is 12.3. The fourth-order valence-electron chi connectivity index (χ4n) is 1.34. The minimum Gasteiger partial charge on any atom is -0.344 e. The molecule has 1 fully saturated rings. The van der Waals surface area contributed by atoms with Crippen LogP contribution in [0.1, 0.15) is 6.92 Å². The van der Waals surface area contributed by atoms with Gasteiger partial charge in [-0.3, -0.25) is 9.59 Å². The molecule has 0 radical (unpaired) electrons. The van der Waals surface area contributed by atoms with Crippen LogP contribution < -0.4 is 0 Å². The van der Waals surface area contributed by atoms with Gasteiger partial charge in [0.05, 0.1) is 5.75 Å². The van der Waals surface area contributed by atoms with Crippen LogP contribution in [0.15, 0.2) is 10.6 Å². The molecule has 0 aromatic heterocycles. The third kappa shape index (κ3) is 2.19. The zero-order valence-corrected chi connectivity index (χ0v) is 10.3. The molecule has 0 spiro atoms. The second-order valence-electron chi connectivity index (χ2n) is 3.42. The number of rotatable bonds is 2. The molecule has 1 saturated heterocycles. The molecule has 0 aromatic rings. The van der Waals surface area contributed by atoms with Gasteiger partial charge in [-0.15, -0.1) is 0 Å². The second-order valence-corrected chi connectivity index (χ2v) is 4.38. The predicted octanol–water partition coefficient (Wildman–Crippen LogP) is 0.405. The lowest BCUT2D eigenvalue weighted by Crippen LogP contribution is -2.29. The van der Waals surface area contributed by atoms with E-state index in [0.29, 0.717) is 17.3 Å². The van der Waals surface area contributed by atoms with Gasteiger partial charge in [-0.25, -0.2) is 0 Å². The Morgan fingerprint density at radius 1 is 1.62 bits per heavy atom. The quantitative estimate of drug-likeness (QED) is 0.517. The summed E-state index contributed by atoms with van der Waals surface area (Å²) in [5.41, 5.74) is 0.0442. The van der Waals surface area contributed by atoms with Crippen LogP contribution in [0.25, 0.3) is 0 Å². The van der Waals surface area contributed by atoms with E-state index in [1.165, 1.54) is 21.6 Å². The van der Waals surface area contributed by atoms with Gasteiger partial charge in [0, 0.05) is 20.6 Å². The average molecular weight is 239 g/mol. The minimum atomic E-state index is -0.363. The van der Waals surface area contributed by atoms with Gasteiger partial charge in [-0.2, -0.15) is 5.26 Å². The second kappa shape index (κ2) is 5.03. The lowest BCUT2D eigenvalue weighted by molar-refractivity contribution is -0.125. The summed E-state index contributed by atoms with van der Waals surface area (Å²) < 4.78 is 0. The Labute approximate surface area is 98.7 Å². The summed E-state index contributed by atoms with van der Waals surface area (Å²) in [5, 5.41) is 9.48. The highest BCUT2D eigenvalue weighted by molar-refractivity contribution is 8.04. The van der Waals surface area contributed by atoms with Crippen molar-refractivity contribution in [1.29, 1.82) is 5.26 Å². The standard InChI is InChI=1S/C10H13N3O2S/c1-4-13-8(14)6-16-10(13)7(5-11)9(15)12(2)3/h4,6H2,1-3H3/b10-7-. The van der Waals surface area contributed by atoms with Crippen LogP contribution >= 0.6 is 11.8 Å². The van der Waals surface area contributed by atoms with Crippen molar-refractivity contribution in [2.75, 3.05) is 26.4 Å². The Bertz CT molecular complexity index is 395. The number of nitriles is 1. The average Bonchev–Trinajstić information content (AvgIpc) is 2.60. The van der Waals surface area contributed by atoms with E-state index in [4.69, 9.17) is 5.26 Å². The van der Waals surface area contributed by atoms with Gasteiger partial charge < -0.3 is 9.80 Å². The molecule has 0 saturated carbocycles. The number of amides is 2. The molecule has 1 rings (SSSR count). The number of carbonyl (C=O) groups is 2. The largest absolute Gasteiger partial charge is 0.344 e. The Kier molecular flexibility index (Phi) is 3.96. The maximum absolute atomic E-state index is 11.7. The molecule has 0 aliphatic carbocycles. The molecule has 1 heterocycles. The highest BCUT2D eigenvalue weighted by Gasteiger charge is 2.31. The van der Waals surface area contributed by atoms with E-state index in [9.17, 15) is 9.59 Å². The Morgan fingerprint density at radius 2 is 2.25 bits per heavy atom. The van der Waals surface area contributed by atoms with E-state index < -0.39 is 0 Å². The summed E-state index contributed by atoms with van der Waals surface area (Å²) in [7, 11) is 3.16. The van der Waals surface area contributed by atoms with E-state index in [1.54, 1.807) is 14.1 Å². The molecule has 0 bridgehead atoms. The molecule has 1 aliphatic rings. The summed E-state index contributed by atoms with van der Waals surface area (Å²) in [6, 6.07) is 1.88. The van der Waals surface area contributed by atoms with Crippen molar-refractivity contribution in [1.82, 2.24) is 9.80 Å². The van der Waals surface area contributed by atoms with Crippen LogP contribution in [0, 0.1) is 11.3 Å². The highest BCUT2D eigenvalue weighted by atomic mass is 32.2. The molecule has 2 amide bonds. The summed E-state index contributed by atoms with van der Waals surface area (Å²) in [6.45, 7) is 2.30. The van der Waals surface area contributed by atoms with E-state index in [2.05, 4.69) is 0 Å². The van der Waals surface area contributed by atoms with Gasteiger partial charge in [0.2, 0.25) is 5.91 Å². The molecule has 0 aromatic carbocycles. The van der Waals surface area contributed by atoms with E-state index in [-0.39, 0.29) is 17.4 Å². The van der Waals surface area contributed by atoms with Gasteiger partial charge in [0.25, 0.3) is 5.91 Å². The van der Waals surface area contributed by atoms with E-state index in [1.807, 2.05) is 13.0 Å². The first-order chi connectivity index (χ1) is 7.52. The molecule has 16 heavy (non-hydrogen) atoms. The fourth-order valence-corrected chi connectivity index (χ4v) is 2.42. The molecule has 0 N–H and O–H groups in total. The van der Waals surface area contributed by atoms with Crippen LogP contribution in [0.3, 0.4) is 0 Å². The minimum absolute atomic E-state index is 0.0442. The Hall–Kier alpha value is -1.48. The number of thioether (sulfide) groups is 1. The first-order valence-electron chi connectivity index (χ1n) is 4.82. The monoisotopic (exact) mass is 239 g/mol. The van der Waals surface area contributed by atoms with Gasteiger partial charge >= 0.3 is 0 Å². The normalized spacial score (nSPS) is 18.4. The number of carbonyl (C=O) groups excluding carboxylic acids is 2. The van der Waals surface area contributed by atoms with Crippen LogP contribution in [-0.4, -0.2) is 48.0 Å². The van der Waals surface area contributed by atoms with Crippen molar-refractivity contribution < 1.29 is 9.59 Å². The smallest absolute Gasteiger partial charge is 0.266 e. The van der Waals surface area contributed by atoms with Crippen molar-refractivity contribution in [3.05, 3.63) is 10.6 Å².